The van der Waals surface area contributed by atoms with Crippen molar-refractivity contribution in [3.8, 4) is 11.9 Å². The summed E-state index contributed by atoms with van der Waals surface area (Å²) in [6.07, 6.45) is 4.15. The molecule has 0 aliphatic carbocycles. The summed E-state index contributed by atoms with van der Waals surface area (Å²) in [4.78, 5) is 16.7. The van der Waals surface area contributed by atoms with Gasteiger partial charge in [0.2, 0.25) is 5.88 Å². The molecule has 0 spiro atoms. The third kappa shape index (κ3) is 4.28. The zero-order chi connectivity index (χ0) is 18.4. The fraction of sp³-hybridized carbons (Fsp3) is 0.316. The average Bonchev–Trinajstić information content (AvgIpc) is 2.58. The van der Waals surface area contributed by atoms with E-state index in [1.54, 1.807) is 31.2 Å². The van der Waals surface area contributed by atoms with E-state index >= 15 is 0 Å². The van der Waals surface area contributed by atoms with E-state index in [-0.39, 0.29) is 11.4 Å². The summed E-state index contributed by atoms with van der Waals surface area (Å²) in [5.41, 5.74) is 0.971. The molecule has 1 aromatic carbocycles. The predicted molar refractivity (Wildman–Crippen MR) is 100 cm³/mol. The summed E-state index contributed by atoms with van der Waals surface area (Å²) in [7, 11) is 0. The largest absolute Gasteiger partial charge is 0.494 e. The van der Waals surface area contributed by atoms with Gasteiger partial charge in [0, 0.05) is 17.8 Å². The second kappa shape index (κ2) is 8.50. The Hall–Kier alpha value is -2.58. The summed E-state index contributed by atoms with van der Waals surface area (Å²) in [6, 6.07) is 8.92. The van der Waals surface area contributed by atoms with Crippen LogP contribution >= 0.6 is 11.6 Å². The molecule has 1 N–H and O–H groups in total. The zero-order valence-corrected chi connectivity index (χ0v) is 15.0. The molecule has 6 heteroatoms. The van der Waals surface area contributed by atoms with Crippen molar-refractivity contribution in [2.45, 2.75) is 39.7 Å². The Morgan fingerprint density at radius 1 is 1.40 bits per heavy atom. The van der Waals surface area contributed by atoms with Crippen molar-refractivity contribution < 1.29 is 5.11 Å². The summed E-state index contributed by atoms with van der Waals surface area (Å²) in [5, 5.41) is 20.4. The van der Waals surface area contributed by atoms with Crippen LogP contribution in [-0.2, 0) is 6.54 Å². The Balaban J connectivity index is 2.51. The highest BCUT2D eigenvalue weighted by Crippen LogP contribution is 2.23. The van der Waals surface area contributed by atoms with E-state index < -0.39 is 5.56 Å². The van der Waals surface area contributed by atoms with Crippen LogP contribution in [0.3, 0.4) is 0 Å². The second-order valence-corrected chi connectivity index (χ2v) is 6.19. The molecule has 130 valence electrons. The molecule has 0 radical (unpaired) electrons. The number of hydrogen-bond donors (Lipinski definition) is 1. The van der Waals surface area contributed by atoms with Gasteiger partial charge in [-0.1, -0.05) is 37.4 Å². The van der Waals surface area contributed by atoms with Crippen LogP contribution in [0.15, 0.2) is 34.1 Å². The molecule has 0 aliphatic heterocycles. The lowest BCUT2D eigenvalue weighted by Crippen LogP contribution is -2.25. The number of hydrogen-bond acceptors (Lipinski definition) is 4. The molecule has 0 saturated carbocycles. The SMILES string of the molecule is CCCCCn1c(O)c(C=Nc2cccc(Cl)c2)c(C)c(C#N)c1=O. The first kappa shape index (κ1) is 18.8. The average molecular weight is 358 g/mol. The van der Waals surface area contributed by atoms with Gasteiger partial charge in [0.05, 0.1) is 11.3 Å². The first-order valence-corrected chi connectivity index (χ1v) is 8.53. The Kier molecular flexibility index (Phi) is 6.37. The van der Waals surface area contributed by atoms with Crippen LogP contribution in [0, 0.1) is 18.3 Å². The maximum absolute atomic E-state index is 12.4. The van der Waals surface area contributed by atoms with Gasteiger partial charge in [0.15, 0.2) is 0 Å². The van der Waals surface area contributed by atoms with Crippen LogP contribution in [0.1, 0.15) is 42.9 Å². The number of aromatic nitrogens is 1. The fourth-order valence-corrected chi connectivity index (χ4v) is 2.73. The number of nitriles is 1. The summed E-state index contributed by atoms with van der Waals surface area (Å²) < 4.78 is 1.25. The molecule has 5 nitrogen and oxygen atoms in total. The highest BCUT2D eigenvalue weighted by atomic mass is 35.5. The van der Waals surface area contributed by atoms with Crippen molar-refractivity contribution in [2.75, 3.05) is 0 Å². The van der Waals surface area contributed by atoms with Crippen molar-refractivity contribution in [2.24, 2.45) is 4.99 Å². The number of benzene rings is 1. The Bertz CT molecular complexity index is 895. The second-order valence-electron chi connectivity index (χ2n) is 5.75. The first-order valence-electron chi connectivity index (χ1n) is 8.15. The van der Waals surface area contributed by atoms with Crippen LogP contribution in [0.25, 0.3) is 0 Å². The maximum atomic E-state index is 12.4. The van der Waals surface area contributed by atoms with Gasteiger partial charge < -0.3 is 5.11 Å². The number of nitrogens with zero attached hydrogens (tertiary/aromatic N) is 3. The molecule has 0 fully saturated rings. The fourth-order valence-electron chi connectivity index (χ4n) is 2.55. The lowest BCUT2D eigenvalue weighted by molar-refractivity contribution is 0.398. The van der Waals surface area contributed by atoms with Gasteiger partial charge >= 0.3 is 0 Å². The molecule has 2 rings (SSSR count). The van der Waals surface area contributed by atoms with Gasteiger partial charge in [-0.25, -0.2) is 0 Å². The van der Waals surface area contributed by atoms with Crippen molar-refractivity contribution in [1.29, 1.82) is 5.26 Å². The zero-order valence-electron chi connectivity index (χ0n) is 14.3. The molecule has 0 amide bonds. The van der Waals surface area contributed by atoms with Crippen molar-refractivity contribution in [3.05, 3.63) is 56.3 Å². The normalized spacial score (nSPS) is 11.0. The van der Waals surface area contributed by atoms with Gasteiger partial charge in [0.25, 0.3) is 5.56 Å². The van der Waals surface area contributed by atoms with Crippen LogP contribution in [0.2, 0.25) is 5.02 Å². The van der Waals surface area contributed by atoms with E-state index in [9.17, 15) is 15.2 Å². The molecule has 25 heavy (non-hydrogen) atoms. The summed E-state index contributed by atoms with van der Waals surface area (Å²) >= 11 is 5.94. The Labute approximate surface area is 151 Å². The third-order valence-corrected chi connectivity index (χ3v) is 4.22. The molecule has 0 unspecified atom stereocenters. The van der Waals surface area contributed by atoms with Crippen molar-refractivity contribution in [1.82, 2.24) is 4.57 Å². The predicted octanol–water partition coefficient (Wildman–Crippen LogP) is 4.33. The highest BCUT2D eigenvalue weighted by molar-refractivity contribution is 6.30. The van der Waals surface area contributed by atoms with Crippen LogP contribution in [0.5, 0.6) is 5.88 Å². The minimum atomic E-state index is -0.464. The molecular formula is C19H20ClN3O2. The van der Waals surface area contributed by atoms with Gasteiger partial charge in [0.1, 0.15) is 11.6 Å². The van der Waals surface area contributed by atoms with E-state index in [4.69, 9.17) is 11.6 Å². The maximum Gasteiger partial charge on any atom is 0.271 e. The van der Waals surface area contributed by atoms with E-state index in [0.29, 0.717) is 28.4 Å². The molecular weight excluding hydrogens is 338 g/mol. The van der Waals surface area contributed by atoms with Gasteiger partial charge in [-0.05, 0) is 37.1 Å². The monoisotopic (exact) mass is 357 g/mol. The van der Waals surface area contributed by atoms with Crippen LogP contribution in [-0.4, -0.2) is 15.9 Å². The summed E-state index contributed by atoms with van der Waals surface area (Å²) in [6.45, 7) is 4.06. The van der Waals surface area contributed by atoms with E-state index in [1.165, 1.54) is 10.8 Å². The molecule has 1 heterocycles. The standard InChI is InChI=1S/C19H20ClN3O2/c1-3-4-5-9-23-18(24)16(11-21)13(2)17(19(23)25)12-22-15-8-6-7-14(20)10-15/h6-8,10,12,25H,3-5,9H2,1-2H3. The third-order valence-electron chi connectivity index (χ3n) is 3.98. The molecule has 0 saturated heterocycles. The number of unbranched alkanes of at least 4 members (excludes halogenated alkanes) is 2. The Morgan fingerprint density at radius 2 is 2.16 bits per heavy atom. The number of aromatic hydroxyl groups is 1. The van der Waals surface area contributed by atoms with E-state index in [2.05, 4.69) is 11.9 Å². The number of halogens is 1. The van der Waals surface area contributed by atoms with E-state index in [1.807, 2.05) is 6.07 Å². The lowest BCUT2D eigenvalue weighted by Gasteiger charge is -2.13. The lowest BCUT2D eigenvalue weighted by atomic mass is 10.1. The minimum Gasteiger partial charge on any atom is -0.494 e. The van der Waals surface area contributed by atoms with Gasteiger partial charge in [-0.15, -0.1) is 0 Å². The summed E-state index contributed by atoms with van der Waals surface area (Å²) in [5.74, 6) is -0.164. The highest BCUT2D eigenvalue weighted by Gasteiger charge is 2.17. The Morgan fingerprint density at radius 3 is 2.80 bits per heavy atom. The minimum absolute atomic E-state index is 0.0295. The number of aliphatic imine (C=N–C) groups is 1. The number of rotatable bonds is 6. The topological polar surface area (TPSA) is 78.4 Å². The number of pyridine rings is 1. The van der Waals surface area contributed by atoms with Crippen LogP contribution < -0.4 is 5.56 Å². The van der Waals surface area contributed by atoms with Gasteiger partial charge in [-0.3, -0.25) is 14.4 Å². The molecule has 1 aromatic heterocycles. The molecule has 0 atom stereocenters. The first-order chi connectivity index (χ1) is 12.0. The molecule has 0 bridgehead atoms. The molecule has 2 aromatic rings. The van der Waals surface area contributed by atoms with Crippen molar-refractivity contribution in [3.63, 3.8) is 0 Å². The van der Waals surface area contributed by atoms with Crippen molar-refractivity contribution >= 4 is 23.5 Å². The molecule has 0 aliphatic rings. The van der Waals surface area contributed by atoms with Gasteiger partial charge in [-0.2, -0.15) is 5.26 Å². The van der Waals surface area contributed by atoms with E-state index in [0.717, 1.165) is 19.3 Å². The smallest absolute Gasteiger partial charge is 0.271 e. The van der Waals surface area contributed by atoms with Crippen LogP contribution in [0.4, 0.5) is 5.69 Å². The quantitative estimate of drug-likeness (QED) is 0.617.